The van der Waals surface area contributed by atoms with Crippen molar-refractivity contribution in [3.8, 4) is 0 Å². The summed E-state index contributed by atoms with van der Waals surface area (Å²) in [5.41, 5.74) is 2.20. The van der Waals surface area contributed by atoms with Crippen LogP contribution in [-0.4, -0.2) is 50.9 Å². The lowest BCUT2D eigenvalue weighted by Gasteiger charge is -2.38. The summed E-state index contributed by atoms with van der Waals surface area (Å²) < 4.78 is 0. The molecule has 0 bridgehead atoms. The molecule has 0 spiro atoms. The van der Waals surface area contributed by atoms with Crippen LogP contribution in [-0.2, 0) is 17.8 Å². The van der Waals surface area contributed by atoms with E-state index in [9.17, 15) is 9.59 Å². The highest BCUT2D eigenvalue weighted by molar-refractivity contribution is 7.12. The first-order valence-electron chi connectivity index (χ1n) is 8.38. The number of carbonyl (C=O) groups excluding carboxylic acids is 2. The molecule has 1 saturated heterocycles. The fourth-order valence-corrected chi connectivity index (χ4v) is 4.27. The van der Waals surface area contributed by atoms with Crippen LogP contribution in [0.25, 0.3) is 0 Å². The van der Waals surface area contributed by atoms with Crippen molar-refractivity contribution in [1.29, 1.82) is 0 Å². The maximum absolute atomic E-state index is 13.1. The SMILES string of the molecule is O=C(C1CCCCN1C(=O)c1cccs1)N1CCc2[nH]ncc2C1. The summed E-state index contributed by atoms with van der Waals surface area (Å²) in [5.74, 6) is 0.0653. The van der Waals surface area contributed by atoms with Crippen molar-refractivity contribution in [2.45, 2.75) is 38.3 Å². The summed E-state index contributed by atoms with van der Waals surface area (Å²) in [5, 5.41) is 8.95. The molecule has 0 radical (unpaired) electrons. The van der Waals surface area contributed by atoms with Crippen LogP contribution < -0.4 is 0 Å². The van der Waals surface area contributed by atoms with Gasteiger partial charge in [0.05, 0.1) is 11.1 Å². The van der Waals surface area contributed by atoms with Crippen LogP contribution in [0.4, 0.5) is 0 Å². The molecule has 2 aromatic heterocycles. The molecule has 2 amide bonds. The number of nitrogens with one attached hydrogen (secondary N) is 1. The fourth-order valence-electron chi connectivity index (χ4n) is 3.59. The van der Waals surface area contributed by atoms with E-state index in [1.807, 2.05) is 22.4 Å². The number of fused-ring (bicyclic) bond motifs is 1. The second-order valence-electron chi connectivity index (χ2n) is 6.37. The van der Waals surface area contributed by atoms with Crippen molar-refractivity contribution in [2.24, 2.45) is 0 Å². The molecule has 0 saturated carbocycles. The number of hydrogen-bond acceptors (Lipinski definition) is 4. The van der Waals surface area contributed by atoms with E-state index in [2.05, 4.69) is 10.2 Å². The number of hydrogen-bond donors (Lipinski definition) is 1. The van der Waals surface area contributed by atoms with E-state index in [0.29, 0.717) is 24.5 Å². The molecule has 1 unspecified atom stereocenters. The van der Waals surface area contributed by atoms with Crippen molar-refractivity contribution in [2.75, 3.05) is 13.1 Å². The third kappa shape index (κ3) is 2.73. The minimum atomic E-state index is -0.332. The van der Waals surface area contributed by atoms with Gasteiger partial charge in [0.2, 0.25) is 5.91 Å². The Balaban J connectivity index is 1.52. The smallest absolute Gasteiger partial charge is 0.264 e. The number of thiophene rings is 1. The molecule has 1 N–H and O–H groups in total. The van der Waals surface area contributed by atoms with Crippen LogP contribution in [0.5, 0.6) is 0 Å². The van der Waals surface area contributed by atoms with Gasteiger partial charge < -0.3 is 9.80 Å². The van der Waals surface area contributed by atoms with Crippen molar-refractivity contribution in [3.05, 3.63) is 39.8 Å². The quantitative estimate of drug-likeness (QED) is 0.906. The molecule has 6 nitrogen and oxygen atoms in total. The van der Waals surface area contributed by atoms with E-state index in [1.54, 1.807) is 11.1 Å². The molecule has 1 atom stereocenters. The first kappa shape index (κ1) is 15.4. The predicted molar refractivity (Wildman–Crippen MR) is 90.7 cm³/mol. The van der Waals surface area contributed by atoms with E-state index in [1.165, 1.54) is 11.3 Å². The molecular formula is C17H20N4O2S. The van der Waals surface area contributed by atoms with Crippen molar-refractivity contribution in [1.82, 2.24) is 20.0 Å². The maximum atomic E-state index is 13.1. The first-order chi connectivity index (χ1) is 11.7. The first-order valence-corrected chi connectivity index (χ1v) is 9.26. The summed E-state index contributed by atoms with van der Waals surface area (Å²) in [6, 6.07) is 3.38. The number of likely N-dealkylation sites (tertiary alicyclic amines) is 1. The van der Waals surface area contributed by atoms with E-state index in [0.717, 1.165) is 36.9 Å². The molecule has 7 heteroatoms. The number of rotatable bonds is 2. The predicted octanol–water partition coefficient (Wildman–Crippen LogP) is 2.05. The largest absolute Gasteiger partial charge is 0.336 e. The third-order valence-electron chi connectivity index (χ3n) is 4.89. The van der Waals surface area contributed by atoms with Crippen LogP contribution in [0.3, 0.4) is 0 Å². The zero-order chi connectivity index (χ0) is 16.5. The number of H-pyrrole nitrogens is 1. The molecule has 4 rings (SSSR count). The van der Waals surface area contributed by atoms with Crippen LogP contribution in [0.15, 0.2) is 23.7 Å². The molecule has 24 heavy (non-hydrogen) atoms. The normalized spacial score (nSPS) is 20.8. The molecule has 2 aromatic rings. The van der Waals surface area contributed by atoms with Gasteiger partial charge in [0.15, 0.2) is 0 Å². The van der Waals surface area contributed by atoms with E-state index < -0.39 is 0 Å². The zero-order valence-corrected chi connectivity index (χ0v) is 14.2. The Labute approximate surface area is 144 Å². The minimum Gasteiger partial charge on any atom is -0.336 e. The zero-order valence-electron chi connectivity index (χ0n) is 13.4. The molecule has 0 aromatic carbocycles. The monoisotopic (exact) mass is 344 g/mol. The molecule has 0 aliphatic carbocycles. The van der Waals surface area contributed by atoms with Gasteiger partial charge in [-0.2, -0.15) is 5.10 Å². The average Bonchev–Trinajstić information content (AvgIpc) is 3.31. The van der Waals surface area contributed by atoms with E-state index in [-0.39, 0.29) is 17.9 Å². The number of aromatic nitrogens is 2. The standard InChI is InChI=1S/C17H20N4O2S/c22-16(20-8-6-13-12(11-20)10-18-19-13)14-4-1-2-7-21(14)17(23)15-5-3-9-24-15/h3,5,9-10,14H,1-2,4,6-8,11H2,(H,18,19). The lowest BCUT2D eigenvalue weighted by molar-refractivity contribution is -0.138. The lowest BCUT2D eigenvalue weighted by Crippen LogP contribution is -2.53. The highest BCUT2D eigenvalue weighted by atomic mass is 32.1. The fraction of sp³-hybridized carbons (Fsp3) is 0.471. The highest BCUT2D eigenvalue weighted by Crippen LogP contribution is 2.25. The van der Waals surface area contributed by atoms with Gasteiger partial charge in [-0.05, 0) is 30.7 Å². The highest BCUT2D eigenvalue weighted by Gasteiger charge is 2.36. The van der Waals surface area contributed by atoms with Gasteiger partial charge in [0.25, 0.3) is 5.91 Å². The van der Waals surface area contributed by atoms with Gasteiger partial charge in [-0.15, -0.1) is 11.3 Å². The van der Waals surface area contributed by atoms with Crippen LogP contribution in [0.2, 0.25) is 0 Å². The topological polar surface area (TPSA) is 69.3 Å². The van der Waals surface area contributed by atoms with Gasteiger partial charge in [-0.1, -0.05) is 6.07 Å². The second kappa shape index (κ2) is 6.39. The van der Waals surface area contributed by atoms with E-state index >= 15 is 0 Å². The van der Waals surface area contributed by atoms with Gasteiger partial charge >= 0.3 is 0 Å². The Morgan fingerprint density at radius 1 is 1.29 bits per heavy atom. The number of nitrogens with zero attached hydrogens (tertiary/aromatic N) is 3. The average molecular weight is 344 g/mol. The van der Waals surface area contributed by atoms with Gasteiger partial charge in [-0.25, -0.2) is 0 Å². The molecule has 126 valence electrons. The molecule has 2 aliphatic rings. The third-order valence-corrected chi connectivity index (χ3v) is 5.75. The summed E-state index contributed by atoms with van der Waals surface area (Å²) in [4.78, 5) is 30.2. The Kier molecular flexibility index (Phi) is 4.10. The lowest BCUT2D eigenvalue weighted by atomic mass is 9.99. The summed E-state index contributed by atoms with van der Waals surface area (Å²) in [6.07, 6.45) is 5.31. The number of piperidine rings is 1. The van der Waals surface area contributed by atoms with Crippen molar-refractivity contribution >= 4 is 23.2 Å². The second-order valence-corrected chi connectivity index (χ2v) is 7.32. The number of aromatic amines is 1. The van der Waals surface area contributed by atoms with Crippen molar-refractivity contribution < 1.29 is 9.59 Å². The van der Waals surface area contributed by atoms with Crippen LogP contribution in [0, 0.1) is 0 Å². The van der Waals surface area contributed by atoms with Crippen LogP contribution in [0.1, 0.15) is 40.2 Å². The number of amides is 2. The number of carbonyl (C=O) groups is 2. The molecule has 2 aliphatic heterocycles. The molecule has 4 heterocycles. The van der Waals surface area contributed by atoms with Gasteiger partial charge in [0.1, 0.15) is 6.04 Å². The summed E-state index contributed by atoms with van der Waals surface area (Å²) in [6.45, 7) is 1.94. The Bertz CT molecular complexity index is 740. The van der Waals surface area contributed by atoms with Gasteiger partial charge in [0, 0.05) is 37.3 Å². The maximum Gasteiger partial charge on any atom is 0.264 e. The summed E-state index contributed by atoms with van der Waals surface area (Å²) in [7, 11) is 0. The Hall–Kier alpha value is -2.15. The molecule has 1 fully saturated rings. The van der Waals surface area contributed by atoms with Crippen molar-refractivity contribution in [3.63, 3.8) is 0 Å². The van der Waals surface area contributed by atoms with Crippen LogP contribution >= 0.6 is 11.3 Å². The van der Waals surface area contributed by atoms with Gasteiger partial charge in [-0.3, -0.25) is 14.7 Å². The minimum absolute atomic E-state index is 0.0101. The summed E-state index contributed by atoms with van der Waals surface area (Å²) >= 11 is 1.44. The Morgan fingerprint density at radius 3 is 3.04 bits per heavy atom. The molecular weight excluding hydrogens is 324 g/mol. The Morgan fingerprint density at radius 2 is 2.21 bits per heavy atom. The van der Waals surface area contributed by atoms with E-state index in [4.69, 9.17) is 0 Å².